The molecule has 1 heterocycles. The van der Waals surface area contributed by atoms with Crippen LogP contribution in [0.3, 0.4) is 0 Å². The second-order valence-electron chi connectivity index (χ2n) is 4.80. The first-order valence-corrected chi connectivity index (χ1v) is 7.64. The van der Waals surface area contributed by atoms with Crippen molar-refractivity contribution in [3.8, 4) is 0 Å². The highest BCUT2D eigenvalue weighted by Crippen LogP contribution is 2.08. The zero-order valence-electron chi connectivity index (χ0n) is 11.6. The third-order valence-electron chi connectivity index (χ3n) is 2.46. The van der Waals surface area contributed by atoms with Gasteiger partial charge in [-0.05, 0) is 27.4 Å². The van der Waals surface area contributed by atoms with Gasteiger partial charge in [0.15, 0.2) is 0 Å². The van der Waals surface area contributed by atoms with Gasteiger partial charge in [-0.15, -0.1) is 0 Å². The molecule has 1 rings (SSSR count). The molecule has 0 radical (unpaired) electrons. The average Bonchev–Trinajstić information content (AvgIpc) is 2.73. The molecule has 1 aromatic rings. The SMILES string of the molecule is CC(CN(C)C)NS(=O)(=O)c1cnn(CCCO)c1. The Kier molecular flexibility index (Phi) is 5.92. The molecule has 7 nitrogen and oxygen atoms in total. The van der Waals surface area contributed by atoms with Gasteiger partial charge in [0.2, 0.25) is 10.0 Å². The van der Waals surface area contributed by atoms with Gasteiger partial charge in [0.1, 0.15) is 4.90 Å². The Morgan fingerprint density at radius 3 is 2.79 bits per heavy atom. The molecule has 1 aromatic heterocycles. The predicted octanol–water partition coefficient (Wildman–Crippen LogP) is -0.506. The predicted molar refractivity (Wildman–Crippen MR) is 72.3 cm³/mol. The van der Waals surface area contributed by atoms with Crippen LogP contribution in [0.4, 0.5) is 0 Å². The quantitative estimate of drug-likeness (QED) is 0.673. The normalized spacial score (nSPS) is 13.9. The minimum absolute atomic E-state index is 0.0556. The molecule has 1 atom stereocenters. The lowest BCUT2D eigenvalue weighted by Gasteiger charge is -2.17. The van der Waals surface area contributed by atoms with Crippen LogP contribution in [0.2, 0.25) is 0 Å². The molecule has 0 aliphatic carbocycles. The van der Waals surface area contributed by atoms with E-state index in [4.69, 9.17) is 5.11 Å². The van der Waals surface area contributed by atoms with Crippen molar-refractivity contribution in [2.45, 2.75) is 30.8 Å². The molecule has 2 N–H and O–H groups in total. The Morgan fingerprint density at radius 2 is 2.21 bits per heavy atom. The van der Waals surface area contributed by atoms with Gasteiger partial charge >= 0.3 is 0 Å². The maximum absolute atomic E-state index is 12.1. The van der Waals surface area contributed by atoms with E-state index in [0.717, 1.165) is 0 Å². The van der Waals surface area contributed by atoms with E-state index in [9.17, 15) is 8.42 Å². The van der Waals surface area contributed by atoms with Crippen molar-refractivity contribution >= 4 is 10.0 Å². The van der Waals surface area contributed by atoms with E-state index in [1.807, 2.05) is 25.9 Å². The maximum Gasteiger partial charge on any atom is 0.243 e. The summed E-state index contributed by atoms with van der Waals surface area (Å²) in [6.07, 6.45) is 3.34. The largest absolute Gasteiger partial charge is 0.396 e. The average molecular weight is 290 g/mol. The first kappa shape index (κ1) is 16.1. The molecule has 1 unspecified atom stereocenters. The second kappa shape index (κ2) is 6.99. The first-order chi connectivity index (χ1) is 8.85. The molecule has 0 saturated carbocycles. The highest BCUT2D eigenvalue weighted by atomic mass is 32.2. The third kappa shape index (κ3) is 5.27. The maximum atomic E-state index is 12.1. The van der Waals surface area contributed by atoms with Gasteiger partial charge in [-0.2, -0.15) is 5.10 Å². The number of nitrogens with zero attached hydrogens (tertiary/aromatic N) is 3. The van der Waals surface area contributed by atoms with E-state index in [1.54, 1.807) is 0 Å². The van der Waals surface area contributed by atoms with Gasteiger partial charge in [-0.25, -0.2) is 13.1 Å². The molecule has 0 spiro atoms. The molecule has 8 heteroatoms. The Bertz CT molecular complexity index is 484. The summed E-state index contributed by atoms with van der Waals surface area (Å²) in [5, 5.41) is 12.7. The lowest BCUT2D eigenvalue weighted by Crippen LogP contribution is -2.39. The van der Waals surface area contributed by atoms with Crippen LogP contribution in [0.25, 0.3) is 0 Å². The van der Waals surface area contributed by atoms with E-state index in [1.165, 1.54) is 17.1 Å². The number of hydrogen-bond donors (Lipinski definition) is 2. The minimum atomic E-state index is -3.53. The summed E-state index contributed by atoms with van der Waals surface area (Å²) in [6.45, 7) is 2.99. The van der Waals surface area contributed by atoms with Crippen molar-refractivity contribution in [1.82, 2.24) is 19.4 Å². The molecule has 19 heavy (non-hydrogen) atoms. The second-order valence-corrected chi connectivity index (χ2v) is 6.51. The van der Waals surface area contributed by atoms with Crippen LogP contribution in [-0.2, 0) is 16.6 Å². The van der Waals surface area contributed by atoms with Crippen LogP contribution in [0.5, 0.6) is 0 Å². The van der Waals surface area contributed by atoms with E-state index in [0.29, 0.717) is 19.5 Å². The van der Waals surface area contributed by atoms with Crippen LogP contribution < -0.4 is 4.72 Å². The van der Waals surface area contributed by atoms with Crippen molar-refractivity contribution in [2.75, 3.05) is 27.2 Å². The lowest BCUT2D eigenvalue weighted by atomic mass is 10.3. The third-order valence-corrected chi connectivity index (χ3v) is 4.00. The molecule has 0 aliphatic rings. The number of likely N-dealkylation sites (N-methyl/N-ethyl adjacent to an activating group) is 1. The number of aryl methyl sites for hydroxylation is 1. The summed E-state index contributed by atoms with van der Waals surface area (Å²) < 4.78 is 28.3. The molecule has 110 valence electrons. The topological polar surface area (TPSA) is 87.5 Å². The molecular weight excluding hydrogens is 268 g/mol. The molecular formula is C11H22N4O3S. The van der Waals surface area contributed by atoms with Gasteiger partial charge in [0.25, 0.3) is 0 Å². The fourth-order valence-electron chi connectivity index (χ4n) is 1.76. The van der Waals surface area contributed by atoms with Crippen LogP contribution in [0.15, 0.2) is 17.3 Å². The number of sulfonamides is 1. The zero-order chi connectivity index (χ0) is 14.5. The number of aliphatic hydroxyl groups excluding tert-OH is 1. The minimum Gasteiger partial charge on any atom is -0.396 e. The van der Waals surface area contributed by atoms with E-state index in [2.05, 4.69) is 9.82 Å². The summed E-state index contributed by atoms with van der Waals surface area (Å²) in [5.74, 6) is 0. The molecule has 0 saturated heterocycles. The van der Waals surface area contributed by atoms with Crippen molar-refractivity contribution in [2.24, 2.45) is 0 Å². The summed E-state index contributed by atoms with van der Waals surface area (Å²) in [4.78, 5) is 2.06. The summed E-state index contributed by atoms with van der Waals surface area (Å²) in [7, 11) is 0.241. The Hall–Kier alpha value is -0.960. The molecule has 0 aromatic carbocycles. The van der Waals surface area contributed by atoms with Crippen LogP contribution in [-0.4, -0.2) is 61.5 Å². The van der Waals surface area contributed by atoms with Crippen molar-refractivity contribution < 1.29 is 13.5 Å². The van der Waals surface area contributed by atoms with E-state index in [-0.39, 0.29) is 17.5 Å². The fraction of sp³-hybridized carbons (Fsp3) is 0.727. The fourth-order valence-corrected chi connectivity index (χ4v) is 2.94. The van der Waals surface area contributed by atoms with Gasteiger partial charge in [-0.1, -0.05) is 0 Å². The van der Waals surface area contributed by atoms with Crippen LogP contribution in [0, 0.1) is 0 Å². The van der Waals surface area contributed by atoms with Gasteiger partial charge in [0.05, 0.1) is 6.20 Å². The number of rotatable bonds is 8. The van der Waals surface area contributed by atoms with Crippen molar-refractivity contribution in [1.29, 1.82) is 0 Å². The van der Waals surface area contributed by atoms with Crippen LogP contribution >= 0.6 is 0 Å². The zero-order valence-corrected chi connectivity index (χ0v) is 12.4. The van der Waals surface area contributed by atoms with Gasteiger partial charge < -0.3 is 10.0 Å². The van der Waals surface area contributed by atoms with E-state index >= 15 is 0 Å². The Balaban J connectivity index is 2.69. The number of aromatic nitrogens is 2. The first-order valence-electron chi connectivity index (χ1n) is 6.15. The Labute approximate surface area is 114 Å². The Morgan fingerprint density at radius 1 is 1.53 bits per heavy atom. The van der Waals surface area contributed by atoms with Gasteiger partial charge in [0, 0.05) is 31.9 Å². The van der Waals surface area contributed by atoms with Gasteiger partial charge in [-0.3, -0.25) is 4.68 Å². The monoisotopic (exact) mass is 290 g/mol. The van der Waals surface area contributed by atoms with E-state index < -0.39 is 10.0 Å². The highest BCUT2D eigenvalue weighted by molar-refractivity contribution is 7.89. The van der Waals surface area contributed by atoms with Crippen molar-refractivity contribution in [3.05, 3.63) is 12.4 Å². The lowest BCUT2D eigenvalue weighted by molar-refractivity contribution is 0.277. The molecule has 0 bridgehead atoms. The summed E-state index contributed by atoms with van der Waals surface area (Å²) >= 11 is 0. The summed E-state index contributed by atoms with van der Waals surface area (Å²) in [5.41, 5.74) is 0. The molecule has 0 amide bonds. The highest BCUT2D eigenvalue weighted by Gasteiger charge is 2.19. The summed E-state index contributed by atoms with van der Waals surface area (Å²) in [6, 6.07) is -0.180. The number of aliphatic hydroxyl groups is 1. The number of nitrogens with one attached hydrogen (secondary N) is 1. The van der Waals surface area contributed by atoms with Crippen LogP contribution in [0.1, 0.15) is 13.3 Å². The molecule has 0 fully saturated rings. The standard InChI is InChI=1S/C11H22N4O3S/c1-10(8-14(2)3)13-19(17,18)11-7-12-15(9-11)5-4-6-16/h7,9-10,13,16H,4-6,8H2,1-3H3. The van der Waals surface area contributed by atoms with Crippen molar-refractivity contribution in [3.63, 3.8) is 0 Å². The number of hydrogen-bond acceptors (Lipinski definition) is 5. The molecule has 0 aliphatic heterocycles. The smallest absolute Gasteiger partial charge is 0.243 e.